The Morgan fingerprint density at radius 3 is 2.33 bits per heavy atom. The SMILES string of the molecule is C[NH+](Cc1[nH]c(C(=O)NC23CC4CC(CC(C4)C2)C3)[n+]2ccccc12)CC1CNC(=O)C1.O=C([O-])C(F)(F)F.[HH]. The lowest BCUT2D eigenvalue weighted by atomic mass is 9.53. The number of aromatic amines is 1. The van der Waals surface area contributed by atoms with Crippen molar-refractivity contribution < 1.29 is 43.4 Å². The number of hydrogen-bond acceptors (Lipinski definition) is 4. The van der Waals surface area contributed by atoms with Crippen molar-refractivity contribution in [1.29, 1.82) is 0 Å². The number of carboxylic acid groups (broad SMARTS) is 1. The number of aromatic nitrogens is 2. The predicted octanol–water partition coefficient (Wildman–Crippen LogP) is 0.147. The molecule has 2 aromatic heterocycles. The van der Waals surface area contributed by atoms with Gasteiger partial charge < -0.3 is 25.4 Å². The van der Waals surface area contributed by atoms with E-state index in [1.165, 1.54) is 24.2 Å². The van der Waals surface area contributed by atoms with Crippen LogP contribution in [-0.4, -0.2) is 54.6 Å². The van der Waals surface area contributed by atoms with Crippen LogP contribution in [0, 0.1) is 23.7 Å². The number of quaternary nitrogens is 1. The number of nitrogens with one attached hydrogen (secondary N) is 4. The maximum absolute atomic E-state index is 13.5. The van der Waals surface area contributed by atoms with E-state index in [2.05, 4.69) is 28.7 Å². The molecule has 4 bridgehead atoms. The molecular weight excluding hydrogens is 515 g/mol. The molecule has 4 N–H and O–H groups in total. The Kier molecular flexibility index (Phi) is 7.34. The van der Waals surface area contributed by atoms with E-state index in [1.54, 1.807) is 0 Å². The van der Waals surface area contributed by atoms with E-state index in [-0.39, 0.29) is 18.8 Å². The molecule has 2 aromatic rings. The summed E-state index contributed by atoms with van der Waals surface area (Å²) in [5, 5.41) is 15.2. The van der Waals surface area contributed by atoms with Gasteiger partial charge in [0.1, 0.15) is 12.5 Å². The highest BCUT2D eigenvalue weighted by Gasteiger charge is 2.52. The zero-order chi connectivity index (χ0) is 27.9. The molecule has 7 rings (SSSR count). The van der Waals surface area contributed by atoms with Crippen molar-refractivity contribution in [3.8, 4) is 0 Å². The quantitative estimate of drug-likeness (QED) is 0.381. The number of rotatable bonds is 6. The number of carbonyl (C=O) groups excluding carboxylic acids is 3. The average Bonchev–Trinajstić information content (AvgIpc) is 3.41. The van der Waals surface area contributed by atoms with Crippen molar-refractivity contribution in [2.24, 2.45) is 23.7 Å². The Hall–Kier alpha value is -3.15. The summed E-state index contributed by atoms with van der Waals surface area (Å²) in [6, 6.07) is 6.10. The highest BCUT2D eigenvalue weighted by molar-refractivity contribution is 5.90. The molecule has 12 heteroatoms. The van der Waals surface area contributed by atoms with E-state index in [4.69, 9.17) is 9.90 Å². The van der Waals surface area contributed by atoms with Gasteiger partial charge in [-0.15, -0.1) is 0 Å². The maximum atomic E-state index is 13.5. The first-order valence-corrected chi connectivity index (χ1v) is 13.6. The predicted molar refractivity (Wildman–Crippen MR) is 132 cm³/mol. The molecule has 0 spiro atoms. The van der Waals surface area contributed by atoms with E-state index in [1.807, 2.05) is 22.7 Å². The van der Waals surface area contributed by atoms with Crippen LogP contribution in [0.2, 0.25) is 0 Å². The van der Waals surface area contributed by atoms with Crippen LogP contribution in [0.15, 0.2) is 24.4 Å². The Morgan fingerprint density at radius 1 is 1.18 bits per heavy atom. The van der Waals surface area contributed by atoms with E-state index in [0.29, 0.717) is 18.2 Å². The third-order valence-corrected chi connectivity index (χ3v) is 8.72. The van der Waals surface area contributed by atoms with E-state index in [9.17, 15) is 22.8 Å². The lowest BCUT2D eigenvalue weighted by Gasteiger charge is -2.56. The average molecular weight is 553 g/mol. The molecule has 1 saturated heterocycles. The van der Waals surface area contributed by atoms with Gasteiger partial charge in [-0.2, -0.15) is 17.6 Å². The summed E-state index contributed by atoms with van der Waals surface area (Å²) in [6.07, 6.45) is 4.99. The molecule has 4 saturated carbocycles. The number of halogens is 3. The number of nitrogens with zero attached hydrogens (tertiary/aromatic N) is 1. The third kappa shape index (κ3) is 6.05. The number of aliphatic carboxylic acids is 1. The zero-order valence-electron chi connectivity index (χ0n) is 21.9. The van der Waals surface area contributed by atoms with Crippen molar-refractivity contribution in [3.05, 3.63) is 35.9 Å². The summed E-state index contributed by atoms with van der Waals surface area (Å²) < 4.78 is 33.6. The lowest BCUT2D eigenvalue weighted by Crippen LogP contribution is -3.08. The lowest BCUT2D eigenvalue weighted by molar-refractivity contribution is -0.897. The number of alkyl halides is 3. The molecule has 0 radical (unpaired) electrons. The van der Waals surface area contributed by atoms with Gasteiger partial charge in [-0.05, 0) is 68.4 Å². The first kappa shape index (κ1) is 27.4. The van der Waals surface area contributed by atoms with Crippen LogP contribution < -0.4 is 25.0 Å². The highest BCUT2D eigenvalue weighted by atomic mass is 19.4. The van der Waals surface area contributed by atoms with Crippen molar-refractivity contribution >= 4 is 23.3 Å². The van der Waals surface area contributed by atoms with E-state index in [0.717, 1.165) is 67.9 Å². The highest BCUT2D eigenvalue weighted by Crippen LogP contribution is 2.55. The van der Waals surface area contributed by atoms with Gasteiger partial charge in [0, 0.05) is 25.8 Å². The molecule has 0 aromatic carbocycles. The summed E-state index contributed by atoms with van der Waals surface area (Å²) >= 11 is 0. The van der Waals surface area contributed by atoms with Gasteiger partial charge in [-0.25, -0.2) is 4.98 Å². The van der Waals surface area contributed by atoms with Gasteiger partial charge in [-0.3, -0.25) is 9.59 Å². The molecule has 2 atom stereocenters. The maximum Gasteiger partial charge on any atom is 0.430 e. The number of H-pyrrole nitrogens is 1. The number of hydrogen-bond donors (Lipinski definition) is 4. The molecule has 2 unspecified atom stereocenters. The second kappa shape index (κ2) is 10.4. The van der Waals surface area contributed by atoms with Crippen LogP contribution >= 0.6 is 0 Å². The van der Waals surface area contributed by atoms with Gasteiger partial charge >= 0.3 is 17.9 Å². The van der Waals surface area contributed by atoms with Crippen LogP contribution in [0.25, 0.3) is 5.52 Å². The minimum atomic E-state index is -5.19. The monoisotopic (exact) mass is 552 g/mol. The number of imidazole rings is 1. The summed E-state index contributed by atoms with van der Waals surface area (Å²) in [4.78, 5) is 38.7. The molecular formula is C27H37F3N5O4+. The number of carboxylic acids is 1. The van der Waals surface area contributed by atoms with Crippen molar-refractivity contribution in [3.63, 3.8) is 0 Å². The smallest absolute Gasteiger partial charge is 0.430 e. The molecule has 3 heterocycles. The third-order valence-electron chi connectivity index (χ3n) is 8.72. The standard InChI is InChI=1S/C25H33N5O2.C2HF3O2.H2/c1-29(14-19-9-22(31)26-13-19)15-20-21-4-2-3-5-30(21)23(27-20)24(32)28-25-10-16-6-17(11-25)8-18(7-16)12-25;3-2(4,5)1(6)7;/h2-5,16-19H,6-15H2,1H3,(H2,26,28,31,32);(H,6,7);1H/p+1. The summed E-state index contributed by atoms with van der Waals surface area (Å²) in [5.74, 6) is 0.618. The fourth-order valence-electron chi connectivity index (χ4n) is 7.69. The molecule has 4 aliphatic carbocycles. The number of fused-ring (bicyclic) bond motifs is 1. The molecule has 2 amide bonds. The zero-order valence-corrected chi connectivity index (χ0v) is 21.9. The topological polar surface area (TPSA) is 123 Å². The second-order valence-corrected chi connectivity index (χ2v) is 12.1. The van der Waals surface area contributed by atoms with Crippen LogP contribution in [0.3, 0.4) is 0 Å². The molecule has 1 aliphatic heterocycles. The normalized spacial score (nSPS) is 30.0. The van der Waals surface area contributed by atoms with Crippen molar-refractivity contribution in [1.82, 2.24) is 15.6 Å². The molecule has 39 heavy (non-hydrogen) atoms. The minimum absolute atomic E-state index is 0. The van der Waals surface area contributed by atoms with Crippen molar-refractivity contribution in [2.75, 3.05) is 20.1 Å². The van der Waals surface area contributed by atoms with Gasteiger partial charge in [-0.1, -0.05) is 6.07 Å². The minimum Gasteiger partial charge on any atom is -0.542 e. The first-order valence-electron chi connectivity index (χ1n) is 13.6. The number of pyridine rings is 1. The molecule has 5 aliphatic rings. The second-order valence-electron chi connectivity index (χ2n) is 12.1. The van der Waals surface area contributed by atoms with Gasteiger partial charge in [0.25, 0.3) is 0 Å². The Morgan fingerprint density at radius 2 is 1.79 bits per heavy atom. The van der Waals surface area contributed by atoms with Gasteiger partial charge in [0.15, 0.2) is 5.52 Å². The van der Waals surface area contributed by atoms with E-state index < -0.39 is 12.1 Å². The largest absolute Gasteiger partial charge is 0.542 e. The Bertz CT molecular complexity index is 1230. The Balaban J connectivity index is 0.000000413. The van der Waals surface area contributed by atoms with Crippen LogP contribution in [0.4, 0.5) is 13.2 Å². The summed E-state index contributed by atoms with van der Waals surface area (Å²) in [6.45, 7) is 2.50. The fraction of sp³-hybridized carbons (Fsp3) is 0.630. The number of amides is 2. The first-order chi connectivity index (χ1) is 18.4. The van der Waals surface area contributed by atoms with Crippen LogP contribution in [0.5, 0.6) is 0 Å². The molecule has 214 valence electrons. The van der Waals surface area contributed by atoms with Crippen LogP contribution in [-0.2, 0) is 16.1 Å². The van der Waals surface area contributed by atoms with Crippen LogP contribution in [0.1, 0.15) is 62.7 Å². The van der Waals surface area contributed by atoms with Crippen molar-refractivity contribution in [2.45, 2.75) is 63.2 Å². The summed E-state index contributed by atoms with van der Waals surface area (Å²) in [7, 11) is 2.16. The Labute approximate surface area is 225 Å². The molecule has 5 fully saturated rings. The summed E-state index contributed by atoms with van der Waals surface area (Å²) in [5.41, 5.74) is 2.14. The number of carbonyl (C=O) groups is 3. The molecule has 9 nitrogen and oxygen atoms in total. The van der Waals surface area contributed by atoms with Gasteiger partial charge in [0.05, 0.1) is 19.8 Å². The van der Waals surface area contributed by atoms with Gasteiger partial charge in [0.2, 0.25) is 11.6 Å². The fourth-order valence-corrected chi connectivity index (χ4v) is 7.69. The van der Waals surface area contributed by atoms with E-state index >= 15 is 0 Å².